The van der Waals surface area contributed by atoms with Crippen molar-refractivity contribution in [2.75, 3.05) is 0 Å². The van der Waals surface area contributed by atoms with Gasteiger partial charge >= 0.3 is 0 Å². The fourth-order valence-electron chi connectivity index (χ4n) is 3.55. The zero-order valence-corrected chi connectivity index (χ0v) is 14.6. The summed E-state index contributed by atoms with van der Waals surface area (Å²) in [6.45, 7) is 0. The van der Waals surface area contributed by atoms with Gasteiger partial charge in [0, 0.05) is 36.1 Å². The van der Waals surface area contributed by atoms with E-state index in [0.29, 0.717) is 0 Å². The predicted molar refractivity (Wildman–Crippen MR) is 105 cm³/mol. The Morgan fingerprint density at radius 3 is 2.58 bits per heavy atom. The van der Waals surface area contributed by atoms with Gasteiger partial charge in [-0.05, 0) is 30.7 Å². The Bertz CT molecular complexity index is 1250. The van der Waals surface area contributed by atoms with Crippen LogP contribution in [0.15, 0.2) is 66.9 Å². The minimum Gasteiger partial charge on any atom is -0.331 e. The highest BCUT2D eigenvalue weighted by Gasteiger charge is 2.11. The minimum atomic E-state index is 0.852. The number of aryl methyl sites for hydroxylation is 3. The molecule has 126 valence electrons. The molecule has 0 aliphatic rings. The number of para-hydroxylation sites is 1. The molecular formula is C22H18N4. The molecule has 0 fully saturated rings. The molecule has 2 aromatic carbocycles. The summed E-state index contributed by atoms with van der Waals surface area (Å²) in [5.41, 5.74) is 5.21. The van der Waals surface area contributed by atoms with Crippen molar-refractivity contribution < 1.29 is 0 Å². The van der Waals surface area contributed by atoms with Crippen LogP contribution in [0.4, 0.5) is 0 Å². The van der Waals surface area contributed by atoms with E-state index >= 15 is 0 Å². The van der Waals surface area contributed by atoms with E-state index in [0.717, 1.165) is 51.8 Å². The monoisotopic (exact) mass is 338 g/mol. The van der Waals surface area contributed by atoms with Crippen molar-refractivity contribution in [2.24, 2.45) is 7.05 Å². The number of pyridine rings is 2. The Balaban J connectivity index is 1.50. The predicted octanol–water partition coefficient (Wildman–Crippen LogP) is 4.45. The van der Waals surface area contributed by atoms with Crippen molar-refractivity contribution in [3.05, 3.63) is 78.4 Å². The van der Waals surface area contributed by atoms with E-state index in [9.17, 15) is 0 Å². The molecule has 26 heavy (non-hydrogen) atoms. The Morgan fingerprint density at radius 2 is 1.62 bits per heavy atom. The van der Waals surface area contributed by atoms with Crippen molar-refractivity contribution in [2.45, 2.75) is 12.8 Å². The smallest absolute Gasteiger partial charge is 0.115 e. The van der Waals surface area contributed by atoms with Crippen molar-refractivity contribution in [1.29, 1.82) is 0 Å². The quantitative estimate of drug-likeness (QED) is 0.488. The van der Waals surface area contributed by atoms with E-state index < -0.39 is 0 Å². The molecule has 0 amide bonds. The molecule has 0 aliphatic heterocycles. The average Bonchev–Trinajstić information content (AvgIpc) is 3.02. The van der Waals surface area contributed by atoms with Crippen molar-refractivity contribution >= 4 is 32.8 Å². The highest BCUT2D eigenvalue weighted by molar-refractivity contribution is 6.01. The van der Waals surface area contributed by atoms with Gasteiger partial charge < -0.3 is 4.57 Å². The van der Waals surface area contributed by atoms with Crippen LogP contribution in [0.5, 0.6) is 0 Å². The number of fused-ring (bicyclic) bond motifs is 4. The van der Waals surface area contributed by atoms with Crippen LogP contribution in [-0.4, -0.2) is 19.5 Å². The summed E-state index contributed by atoms with van der Waals surface area (Å²) in [6, 6.07) is 20.8. The lowest BCUT2D eigenvalue weighted by molar-refractivity contribution is 0.778. The highest BCUT2D eigenvalue weighted by Crippen LogP contribution is 2.24. The van der Waals surface area contributed by atoms with Crippen molar-refractivity contribution in [3.63, 3.8) is 0 Å². The zero-order valence-electron chi connectivity index (χ0n) is 14.6. The van der Waals surface area contributed by atoms with Gasteiger partial charge in [0.1, 0.15) is 11.3 Å². The normalized spacial score (nSPS) is 11.6. The maximum absolute atomic E-state index is 4.89. The van der Waals surface area contributed by atoms with E-state index in [1.807, 2.05) is 24.4 Å². The van der Waals surface area contributed by atoms with Crippen LogP contribution in [0.3, 0.4) is 0 Å². The SMILES string of the molecule is Cn1c(CCc2ccc3ccccc3n2)nc2c3ncccc3ccc21. The molecule has 3 aromatic heterocycles. The number of hydrogen-bond acceptors (Lipinski definition) is 3. The van der Waals surface area contributed by atoms with Gasteiger partial charge in [-0.25, -0.2) is 4.98 Å². The van der Waals surface area contributed by atoms with Gasteiger partial charge in [0.2, 0.25) is 0 Å². The topological polar surface area (TPSA) is 43.6 Å². The Morgan fingerprint density at radius 1 is 0.769 bits per heavy atom. The second-order valence-corrected chi connectivity index (χ2v) is 6.59. The van der Waals surface area contributed by atoms with Gasteiger partial charge in [0.25, 0.3) is 0 Å². The molecule has 3 heterocycles. The lowest BCUT2D eigenvalue weighted by Gasteiger charge is -2.04. The molecular weight excluding hydrogens is 320 g/mol. The zero-order chi connectivity index (χ0) is 17.5. The molecule has 0 N–H and O–H groups in total. The average molecular weight is 338 g/mol. The Hall–Kier alpha value is -3.27. The molecule has 0 saturated carbocycles. The number of aromatic nitrogens is 4. The first kappa shape index (κ1) is 15.0. The van der Waals surface area contributed by atoms with Gasteiger partial charge in [-0.2, -0.15) is 0 Å². The third-order valence-corrected chi connectivity index (χ3v) is 4.98. The molecule has 5 rings (SSSR count). The van der Waals surface area contributed by atoms with E-state index in [4.69, 9.17) is 9.97 Å². The number of hydrogen-bond donors (Lipinski definition) is 0. The van der Waals surface area contributed by atoms with Gasteiger partial charge in [-0.15, -0.1) is 0 Å². The van der Waals surface area contributed by atoms with Crippen LogP contribution in [0.2, 0.25) is 0 Å². The summed E-state index contributed by atoms with van der Waals surface area (Å²) in [6.07, 6.45) is 3.55. The van der Waals surface area contributed by atoms with Crippen LogP contribution in [0, 0.1) is 0 Å². The number of benzene rings is 2. The molecule has 0 bridgehead atoms. The van der Waals surface area contributed by atoms with Gasteiger partial charge in [-0.3, -0.25) is 9.97 Å². The largest absolute Gasteiger partial charge is 0.331 e. The van der Waals surface area contributed by atoms with Crippen LogP contribution in [0.25, 0.3) is 32.8 Å². The first-order valence-electron chi connectivity index (χ1n) is 8.83. The second kappa shape index (κ2) is 5.92. The van der Waals surface area contributed by atoms with Gasteiger partial charge in [0.15, 0.2) is 0 Å². The van der Waals surface area contributed by atoms with Crippen molar-refractivity contribution in [1.82, 2.24) is 19.5 Å². The second-order valence-electron chi connectivity index (χ2n) is 6.59. The third-order valence-electron chi connectivity index (χ3n) is 4.98. The summed E-state index contributed by atoms with van der Waals surface area (Å²) in [4.78, 5) is 14.2. The molecule has 4 heteroatoms. The van der Waals surface area contributed by atoms with Crippen LogP contribution in [-0.2, 0) is 19.9 Å². The first-order chi connectivity index (χ1) is 12.8. The molecule has 0 aliphatic carbocycles. The Kier molecular flexibility index (Phi) is 3.42. The molecule has 0 atom stereocenters. The standard InChI is InChI=1S/C22H18N4/c1-26-19-12-9-16-6-4-14-23-21(16)22(19)25-20(26)13-11-17-10-8-15-5-2-3-7-18(15)24-17/h2-10,12,14H,11,13H2,1H3. The molecule has 0 saturated heterocycles. The molecule has 5 aromatic rings. The summed E-state index contributed by atoms with van der Waals surface area (Å²) in [7, 11) is 2.08. The fourth-order valence-corrected chi connectivity index (χ4v) is 3.55. The fraction of sp³-hybridized carbons (Fsp3) is 0.136. The van der Waals surface area contributed by atoms with E-state index in [-0.39, 0.29) is 0 Å². The molecule has 0 spiro atoms. The lowest BCUT2D eigenvalue weighted by Crippen LogP contribution is -2.01. The van der Waals surface area contributed by atoms with Crippen molar-refractivity contribution in [3.8, 4) is 0 Å². The van der Waals surface area contributed by atoms with Gasteiger partial charge in [-0.1, -0.05) is 36.4 Å². The van der Waals surface area contributed by atoms with E-state index in [2.05, 4.69) is 59.1 Å². The summed E-state index contributed by atoms with van der Waals surface area (Å²) in [5, 5.41) is 2.30. The van der Waals surface area contributed by atoms with Crippen LogP contribution < -0.4 is 0 Å². The number of nitrogens with zero attached hydrogens (tertiary/aromatic N) is 4. The lowest BCUT2D eigenvalue weighted by atomic mass is 10.1. The summed E-state index contributed by atoms with van der Waals surface area (Å²) >= 11 is 0. The minimum absolute atomic E-state index is 0.852. The van der Waals surface area contributed by atoms with Crippen LogP contribution in [0.1, 0.15) is 11.5 Å². The summed E-state index contributed by atoms with van der Waals surface area (Å²) in [5.74, 6) is 1.06. The van der Waals surface area contributed by atoms with Gasteiger partial charge in [0.05, 0.1) is 16.6 Å². The summed E-state index contributed by atoms with van der Waals surface area (Å²) < 4.78 is 2.17. The first-order valence-corrected chi connectivity index (χ1v) is 8.83. The third kappa shape index (κ3) is 2.42. The van der Waals surface area contributed by atoms with E-state index in [1.54, 1.807) is 0 Å². The molecule has 4 nitrogen and oxygen atoms in total. The number of rotatable bonds is 3. The van der Waals surface area contributed by atoms with Crippen LogP contribution >= 0.6 is 0 Å². The highest BCUT2D eigenvalue weighted by atomic mass is 15.1. The van der Waals surface area contributed by atoms with E-state index in [1.165, 1.54) is 5.39 Å². The Labute approximate surface area is 151 Å². The maximum atomic E-state index is 4.89. The maximum Gasteiger partial charge on any atom is 0.115 e. The molecule has 0 unspecified atom stereocenters. The molecule has 0 radical (unpaired) electrons. The number of imidazole rings is 1.